The fourth-order valence-corrected chi connectivity index (χ4v) is 2.85. The number of carboxylic acid groups (broad SMARTS) is 1. The van der Waals surface area contributed by atoms with Crippen molar-refractivity contribution in [2.45, 2.75) is 25.8 Å². The Kier molecular flexibility index (Phi) is 4.95. The average molecular weight is 341 g/mol. The Balaban J connectivity index is 1.60. The van der Waals surface area contributed by atoms with Gasteiger partial charge in [-0.1, -0.05) is 32.0 Å². The molecule has 1 aliphatic heterocycles. The van der Waals surface area contributed by atoms with Crippen LogP contribution in [0.5, 0.6) is 11.5 Å². The van der Waals surface area contributed by atoms with Gasteiger partial charge in [0.25, 0.3) is 0 Å². The molecule has 0 unspecified atom stereocenters. The number of benzene rings is 2. The number of carboxylic acids is 1. The van der Waals surface area contributed by atoms with Crippen LogP contribution in [0.1, 0.15) is 35.3 Å². The second-order valence-electron chi connectivity index (χ2n) is 6.85. The molecule has 2 aromatic carbocycles. The smallest absolute Gasteiger partial charge is 0.335 e. The summed E-state index contributed by atoms with van der Waals surface area (Å²) < 4.78 is 11.2. The van der Waals surface area contributed by atoms with Crippen LogP contribution >= 0.6 is 0 Å². The van der Waals surface area contributed by atoms with Gasteiger partial charge >= 0.3 is 5.97 Å². The number of fused-ring (bicyclic) bond motifs is 1. The first-order valence-electron chi connectivity index (χ1n) is 8.39. The lowest BCUT2D eigenvalue weighted by atomic mass is 9.84. The summed E-state index contributed by atoms with van der Waals surface area (Å²) in [4.78, 5) is 10.9. The number of hydrogen-bond donors (Lipinski definition) is 2. The third-order valence-corrected chi connectivity index (χ3v) is 4.42. The lowest BCUT2D eigenvalue weighted by Crippen LogP contribution is -2.32. The van der Waals surface area contributed by atoms with Crippen LogP contribution < -0.4 is 14.8 Å². The van der Waals surface area contributed by atoms with Crippen LogP contribution in [0.4, 0.5) is 0 Å². The first-order valence-corrected chi connectivity index (χ1v) is 8.39. The molecule has 0 amide bonds. The van der Waals surface area contributed by atoms with Gasteiger partial charge in [0, 0.05) is 18.5 Å². The largest absolute Gasteiger partial charge is 0.486 e. The van der Waals surface area contributed by atoms with Crippen molar-refractivity contribution in [2.24, 2.45) is 0 Å². The Labute approximate surface area is 147 Å². The Morgan fingerprint density at radius 3 is 2.44 bits per heavy atom. The molecule has 2 aromatic rings. The predicted octanol–water partition coefficient (Wildman–Crippen LogP) is 3.22. The lowest BCUT2D eigenvalue weighted by molar-refractivity contribution is 0.0697. The van der Waals surface area contributed by atoms with Crippen molar-refractivity contribution < 1.29 is 19.4 Å². The maximum Gasteiger partial charge on any atom is 0.335 e. The molecule has 25 heavy (non-hydrogen) atoms. The van der Waals surface area contributed by atoms with Crippen LogP contribution in [-0.4, -0.2) is 30.8 Å². The SMILES string of the molecule is CC(C)(CNCc1ccc(C(=O)O)cc1)c1ccc2c(c1)OCCO2. The fraction of sp³-hybridized carbons (Fsp3) is 0.350. The highest BCUT2D eigenvalue weighted by Gasteiger charge is 2.23. The highest BCUT2D eigenvalue weighted by molar-refractivity contribution is 5.87. The van der Waals surface area contributed by atoms with Crippen LogP contribution in [0.3, 0.4) is 0 Å². The minimum absolute atomic E-state index is 0.0726. The maximum absolute atomic E-state index is 10.9. The molecule has 0 aliphatic carbocycles. The second-order valence-corrected chi connectivity index (χ2v) is 6.85. The van der Waals surface area contributed by atoms with Crippen LogP contribution in [-0.2, 0) is 12.0 Å². The standard InChI is InChI=1S/C20H23NO4/c1-20(2,16-7-8-17-18(11-16)25-10-9-24-17)13-21-12-14-3-5-15(6-4-14)19(22)23/h3-8,11,21H,9-10,12-13H2,1-2H3,(H,22,23). The summed E-state index contributed by atoms with van der Waals surface area (Å²) in [6.07, 6.45) is 0. The summed E-state index contributed by atoms with van der Waals surface area (Å²) in [6.45, 7) is 7.01. The zero-order chi connectivity index (χ0) is 17.9. The zero-order valence-corrected chi connectivity index (χ0v) is 14.5. The minimum Gasteiger partial charge on any atom is -0.486 e. The van der Waals surface area contributed by atoms with E-state index in [-0.39, 0.29) is 5.41 Å². The van der Waals surface area contributed by atoms with Gasteiger partial charge in [-0.3, -0.25) is 0 Å². The molecule has 0 fully saturated rings. The van der Waals surface area contributed by atoms with E-state index >= 15 is 0 Å². The lowest BCUT2D eigenvalue weighted by Gasteiger charge is -2.28. The van der Waals surface area contributed by atoms with E-state index in [1.54, 1.807) is 12.1 Å². The predicted molar refractivity (Wildman–Crippen MR) is 95.6 cm³/mol. The minimum atomic E-state index is -0.903. The van der Waals surface area contributed by atoms with E-state index in [2.05, 4.69) is 31.3 Å². The first-order chi connectivity index (χ1) is 12.0. The molecule has 1 heterocycles. The highest BCUT2D eigenvalue weighted by Crippen LogP contribution is 2.34. The van der Waals surface area contributed by atoms with Crippen molar-refractivity contribution in [1.29, 1.82) is 0 Å². The molecule has 1 aliphatic rings. The molecule has 0 aromatic heterocycles. The molecule has 0 bridgehead atoms. The molecule has 5 nitrogen and oxygen atoms in total. The monoisotopic (exact) mass is 341 g/mol. The van der Waals surface area contributed by atoms with Crippen molar-refractivity contribution in [1.82, 2.24) is 5.32 Å². The molecule has 5 heteroatoms. The molecule has 2 N–H and O–H groups in total. The number of aromatic carboxylic acids is 1. The van der Waals surface area contributed by atoms with Gasteiger partial charge in [0.15, 0.2) is 11.5 Å². The van der Waals surface area contributed by atoms with E-state index in [1.165, 1.54) is 5.56 Å². The number of hydrogen-bond acceptors (Lipinski definition) is 4. The van der Waals surface area contributed by atoms with Crippen molar-refractivity contribution >= 4 is 5.97 Å². The number of rotatable bonds is 6. The van der Waals surface area contributed by atoms with Crippen molar-refractivity contribution in [3.63, 3.8) is 0 Å². The van der Waals surface area contributed by atoms with E-state index in [1.807, 2.05) is 18.2 Å². The number of carbonyl (C=O) groups is 1. The quantitative estimate of drug-likeness (QED) is 0.844. The number of nitrogens with one attached hydrogen (secondary N) is 1. The summed E-state index contributed by atoms with van der Waals surface area (Å²) in [5.41, 5.74) is 2.48. The molecule has 0 atom stereocenters. The molecule has 0 radical (unpaired) electrons. The van der Waals surface area contributed by atoms with Gasteiger partial charge < -0.3 is 19.9 Å². The van der Waals surface area contributed by atoms with Gasteiger partial charge in [0.1, 0.15) is 13.2 Å². The van der Waals surface area contributed by atoms with Gasteiger partial charge in [0.05, 0.1) is 5.56 Å². The molecule has 132 valence electrons. The van der Waals surface area contributed by atoms with E-state index in [0.717, 1.165) is 23.6 Å². The third kappa shape index (κ3) is 4.12. The van der Waals surface area contributed by atoms with Gasteiger partial charge in [0.2, 0.25) is 0 Å². The zero-order valence-electron chi connectivity index (χ0n) is 14.5. The fourth-order valence-electron chi connectivity index (χ4n) is 2.85. The molecule has 0 saturated carbocycles. The highest BCUT2D eigenvalue weighted by atomic mass is 16.6. The van der Waals surface area contributed by atoms with Crippen molar-refractivity contribution in [2.75, 3.05) is 19.8 Å². The van der Waals surface area contributed by atoms with Crippen LogP contribution in [0.15, 0.2) is 42.5 Å². The molecular formula is C20H23NO4. The summed E-state index contributed by atoms with van der Waals surface area (Å²) >= 11 is 0. The number of ether oxygens (including phenoxy) is 2. The Hall–Kier alpha value is -2.53. The molecule has 0 saturated heterocycles. The van der Waals surface area contributed by atoms with Gasteiger partial charge in [-0.05, 0) is 35.4 Å². The van der Waals surface area contributed by atoms with E-state index in [9.17, 15) is 4.79 Å². The molecule has 3 rings (SSSR count). The van der Waals surface area contributed by atoms with Crippen molar-refractivity contribution in [3.05, 3.63) is 59.2 Å². The van der Waals surface area contributed by atoms with Crippen molar-refractivity contribution in [3.8, 4) is 11.5 Å². The summed E-state index contributed by atoms with van der Waals surface area (Å²) in [6, 6.07) is 13.0. The van der Waals surface area contributed by atoms with Gasteiger partial charge in [-0.15, -0.1) is 0 Å². The summed E-state index contributed by atoms with van der Waals surface area (Å²) in [7, 11) is 0. The summed E-state index contributed by atoms with van der Waals surface area (Å²) in [5, 5.41) is 12.4. The van der Waals surface area contributed by atoms with Crippen LogP contribution in [0.25, 0.3) is 0 Å². The molecule has 0 spiro atoms. The van der Waals surface area contributed by atoms with E-state index in [4.69, 9.17) is 14.6 Å². The topological polar surface area (TPSA) is 67.8 Å². The van der Waals surface area contributed by atoms with E-state index in [0.29, 0.717) is 25.3 Å². The third-order valence-electron chi connectivity index (χ3n) is 4.42. The normalized spacial score (nSPS) is 13.5. The Morgan fingerprint density at radius 2 is 1.76 bits per heavy atom. The molecular weight excluding hydrogens is 318 g/mol. The van der Waals surface area contributed by atoms with E-state index < -0.39 is 5.97 Å². The summed E-state index contributed by atoms with van der Waals surface area (Å²) in [5.74, 6) is 0.706. The Bertz CT molecular complexity index is 753. The maximum atomic E-state index is 10.9. The average Bonchev–Trinajstić information content (AvgIpc) is 2.61. The van der Waals surface area contributed by atoms with Crippen LogP contribution in [0, 0.1) is 0 Å². The van der Waals surface area contributed by atoms with Gasteiger partial charge in [-0.25, -0.2) is 4.79 Å². The first kappa shape index (κ1) is 17.3. The van der Waals surface area contributed by atoms with Crippen LogP contribution in [0.2, 0.25) is 0 Å². The second kappa shape index (κ2) is 7.15. The van der Waals surface area contributed by atoms with Gasteiger partial charge in [-0.2, -0.15) is 0 Å². The Morgan fingerprint density at radius 1 is 1.08 bits per heavy atom.